The van der Waals surface area contributed by atoms with Crippen molar-refractivity contribution in [3.05, 3.63) is 11.1 Å². The molecule has 0 saturated carbocycles. The van der Waals surface area contributed by atoms with Crippen molar-refractivity contribution >= 4 is 53.1 Å². The van der Waals surface area contributed by atoms with Crippen molar-refractivity contribution in [3.63, 3.8) is 0 Å². The molecule has 2 atom stereocenters. The number of hydrogen-bond acceptors (Lipinski definition) is 5. The van der Waals surface area contributed by atoms with Crippen LogP contribution in [-0.2, 0) is 4.79 Å². The van der Waals surface area contributed by atoms with E-state index in [1.165, 1.54) is 31.1 Å². The average Bonchev–Trinajstić information content (AvgIpc) is 3.03. The van der Waals surface area contributed by atoms with Crippen molar-refractivity contribution in [2.75, 3.05) is 12.4 Å². The van der Waals surface area contributed by atoms with Gasteiger partial charge in [-0.25, -0.2) is 4.98 Å². The van der Waals surface area contributed by atoms with E-state index >= 15 is 0 Å². The molecule has 1 aromatic heterocycles. The predicted octanol–water partition coefficient (Wildman–Crippen LogP) is 2.30. The summed E-state index contributed by atoms with van der Waals surface area (Å²) in [5, 5.41) is 8.38. The van der Waals surface area contributed by atoms with Crippen LogP contribution in [-0.4, -0.2) is 46.9 Å². The molecule has 0 radical (unpaired) electrons. The van der Waals surface area contributed by atoms with Gasteiger partial charge in [0.25, 0.3) is 5.91 Å². The average molecular weight is 381 g/mol. The highest BCUT2D eigenvalue weighted by Gasteiger charge is 2.36. The third kappa shape index (κ3) is 4.56. The van der Waals surface area contributed by atoms with Crippen molar-refractivity contribution in [1.29, 1.82) is 0 Å². The fourth-order valence-corrected chi connectivity index (χ4v) is 4.00. The van der Waals surface area contributed by atoms with E-state index in [9.17, 15) is 9.59 Å². The molecule has 2 N–H and O–H groups in total. The molecule has 9 heteroatoms. The molecule has 2 amide bonds. The van der Waals surface area contributed by atoms with E-state index < -0.39 is 0 Å². The maximum absolute atomic E-state index is 12.5. The van der Waals surface area contributed by atoms with Crippen LogP contribution >= 0.6 is 36.2 Å². The first kappa shape index (κ1) is 20.2. The van der Waals surface area contributed by atoms with Gasteiger partial charge in [0.15, 0.2) is 5.13 Å². The minimum atomic E-state index is -0.174. The quantitative estimate of drug-likeness (QED) is 0.843. The highest BCUT2D eigenvalue weighted by molar-refractivity contribution is 7.14. The zero-order valence-corrected chi connectivity index (χ0v) is 15.5. The van der Waals surface area contributed by atoms with E-state index in [0.717, 1.165) is 12.8 Å². The molecule has 130 valence electrons. The number of anilines is 1. The number of nitrogens with zero attached hydrogens (tertiary/aromatic N) is 2. The van der Waals surface area contributed by atoms with Crippen molar-refractivity contribution in [3.8, 4) is 0 Å². The van der Waals surface area contributed by atoms with Crippen LogP contribution in [0.15, 0.2) is 5.38 Å². The lowest BCUT2D eigenvalue weighted by Crippen LogP contribution is -2.48. The van der Waals surface area contributed by atoms with Gasteiger partial charge in [-0.1, -0.05) is 0 Å². The molecule has 3 heterocycles. The normalized spacial score (nSPS) is 25.0. The van der Waals surface area contributed by atoms with E-state index in [2.05, 4.69) is 15.6 Å². The summed E-state index contributed by atoms with van der Waals surface area (Å²) in [5.41, 5.74) is 0.414. The Balaban J connectivity index is 0.00000132. The second kappa shape index (κ2) is 8.28. The Morgan fingerprint density at radius 2 is 1.91 bits per heavy atom. The van der Waals surface area contributed by atoms with Gasteiger partial charge < -0.3 is 15.5 Å². The Bertz CT molecular complexity index is 557. The maximum Gasteiger partial charge on any atom is 0.273 e. The van der Waals surface area contributed by atoms with Crippen molar-refractivity contribution in [2.24, 2.45) is 0 Å². The lowest BCUT2D eigenvalue weighted by atomic mass is 9.98. The summed E-state index contributed by atoms with van der Waals surface area (Å²) < 4.78 is 0. The first-order chi connectivity index (χ1) is 10.0. The Morgan fingerprint density at radius 3 is 2.48 bits per heavy atom. The van der Waals surface area contributed by atoms with Gasteiger partial charge in [0.2, 0.25) is 5.91 Å². The third-order valence-corrected chi connectivity index (χ3v) is 5.08. The Hall–Kier alpha value is -0.890. The molecule has 6 nitrogen and oxygen atoms in total. The van der Waals surface area contributed by atoms with Crippen LogP contribution in [0.2, 0.25) is 0 Å². The molecule has 0 aliphatic carbocycles. The van der Waals surface area contributed by atoms with Crippen LogP contribution < -0.4 is 10.6 Å². The largest absolute Gasteiger partial charge is 0.337 e. The topological polar surface area (TPSA) is 74.3 Å². The highest BCUT2D eigenvalue weighted by atomic mass is 35.5. The zero-order valence-electron chi connectivity index (χ0n) is 13.1. The van der Waals surface area contributed by atoms with Gasteiger partial charge >= 0.3 is 0 Å². The number of amides is 2. The van der Waals surface area contributed by atoms with E-state index in [-0.39, 0.29) is 42.7 Å². The minimum absolute atomic E-state index is 0. The van der Waals surface area contributed by atoms with Gasteiger partial charge in [0.05, 0.1) is 0 Å². The summed E-state index contributed by atoms with van der Waals surface area (Å²) in [6, 6.07) is 1.38. The molecule has 2 aliphatic heterocycles. The fraction of sp³-hybridized carbons (Fsp3) is 0.643. The number of carbonyl (C=O) groups is 2. The standard InChI is InChI=1S/C14H20N4O2S.2ClH/c1-8(19)15-14-17-12(7-21-14)13(20)18(2)11-5-9-3-4-10(6-11)16-9;;/h7,9-11,16H,3-6H2,1-2H3,(H,15,17,19);2*1H. The van der Waals surface area contributed by atoms with Crippen molar-refractivity contribution in [2.45, 2.75) is 50.7 Å². The number of piperidine rings is 1. The highest BCUT2D eigenvalue weighted by Crippen LogP contribution is 2.30. The van der Waals surface area contributed by atoms with Crippen LogP contribution in [0.4, 0.5) is 5.13 Å². The van der Waals surface area contributed by atoms with E-state index in [4.69, 9.17) is 0 Å². The Kier molecular flexibility index (Phi) is 7.26. The second-order valence-electron chi connectivity index (χ2n) is 5.90. The van der Waals surface area contributed by atoms with Crippen LogP contribution in [0, 0.1) is 0 Å². The minimum Gasteiger partial charge on any atom is -0.337 e. The number of fused-ring (bicyclic) bond motifs is 2. The number of nitrogens with one attached hydrogen (secondary N) is 2. The number of aromatic nitrogens is 1. The van der Waals surface area contributed by atoms with E-state index in [1.54, 1.807) is 5.38 Å². The Labute approximate surface area is 152 Å². The number of thiazole rings is 1. The lowest BCUT2D eigenvalue weighted by Gasteiger charge is -2.35. The van der Waals surface area contributed by atoms with Crippen molar-refractivity contribution < 1.29 is 9.59 Å². The van der Waals surface area contributed by atoms with Gasteiger partial charge in [-0.05, 0) is 25.7 Å². The summed E-state index contributed by atoms with van der Waals surface area (Å²) in [5.74, 6) is -0.235. The lowest BCUT2D eigenvalue weighted by molar-refractivity contribution is -0.114. The monoisotopic (exact) mass is 380 g/mol. The second-order valence-corrected chi connectivity index (χ2v) is 6.76. The molecule has 3 rings (SSSR count). The van der Waals surface area contributed by atoms with Gasteiger partial charge in [-0.2, -0.15) is 0 Å². The molecule has 2 unspecified atom stereocenters. The van der Waals surface area contributed by atoms with Gasteiger partial charge in [0.1, 0.15) is 5.69 Å². The van der Waals surface area contributed by atoms with Gasteiger partial charge in [-0.15, -0.1) is 36.2 Å². The fourth-order valence-electron chi connectivity index (χ4n) is 3.27. The molecular formula is C14H22Cl2N4O2S. The molecule has 2 saturated heterocycles. The first-order valence-electron chi connectivity index (χ1n) is 7.29. The molecular weight excluding hydrogens is 359 g/mol. The van der Waals surface area contributed by atoms with E-state index in [0.29, 0.717) is 22.9 Å². The summed E-state index contributed by atoms with van der Waals surface area (Å²) in [6.07, 6.45) is 4.46. The van der Waals surface area contributed by atoms with Crippen molar-refractivity contribution in [1.82, 2.24) is 15.2 Å². The number of rotatable bonds is 3. The molecule has 1 aromatic rings. The van der Waals surface area contributed by atoms with Gasteiger partial charge in [-0.3, -0.25) is 9.59 Å². The maximum atomic E-state index is 12.5. The summed E-state index contributed by atoms with van der Waals surface area (Å²) in [7, 11) is 1.86. The number of halogens is 2. The third-order valence-electron chi connectivity index (χ3n) is 4.32. The molecule has 0 spiro atoms. The zero-order chi connectivity index (χ0) is 15.0. The number of carbonyl (C=O) groups excluding carboxylic acids is 2. The molecule has 2 bridgehead atoms. The van der Waals surface area contributed by atoms with Crippen LogP contribution in [0.25, 0.3) is 0 Å². The summed E-state index contributed by atoms with van der Waals surface area (Å²) >= 11 is 1.28. The number of hydrogen-bond donors (Lipinski definition) is 2. The summed E-state index contributed by atoms with van der Waals surface area (Å²) in [6.45, 7) is 1.43. The summed E-state index contributed by atoms with van der Waals surface area (Å²) in [4.78, 5) is 29.5. The molecule has 0 aromatic carbocycles. The molecule has 2 aliphatic rings. The van der Waals surface area contributed by atoms with Crippen LogP contribution in [0.1, 0.15) is 43.1 Å². The van der Waals surface area contributed by atoms with Crippen LogP contribution in [0.3, 0.4) is 0 Å². The van der Waals surface area contributed by atoms with Gasteiger partial charge in [0, 0.05) is 37.5 Å². The first-order valence-corrected chi connectivity index (χ1v) is 8.17. The Morgan fingerprint density at radius 1 is 1.30 bits per heavy atom. The predicted molar refractivity (Wildman–Crippen MR) is 96.0 cm³/mol. The molecule has 23 heavy (non-hydrogen) atoms. The smallest absolute Gasteiger partial charge is 0.273 e. The molecule has 2 fully saturated rings. The van der Waals surface area contributed by atoms with E-state index in [1.807, 2.05) is 11.9 Å². The SMILES string of the molecule is CC(=O)Nc1nc(C(=O)N(C)C2CC3CCC(C2)N3)cs1.Cl.Cl. The van der Waals surface area contributed by atoms with Crippen LogP contribution in [0.5, 0.6) is 0 Å².